The van der Waals surface area contributed by atoms with Gasteiger partial charge in [-0.2, -0.15) is 0 Å². The highest BCUT2D eigenvalue weighted by atomic mass is 16.4. The second kappa shape index (κ2) is 1.67. The van der Waals surface area contributed by atoms with E-state index in [1.807, 2.05) is 0 Å². The van der Waals surface area contributed by atoms with Gasteiger partial charge in [0.2, 0.25) is 0 Å². The highest BCUT2D eigenvalue weighted by Gasteiger charge is 2.66. The molecule has 1 aliphatic carbocycles. The van der Waals surface area contributed by atoms with Crippen molar-refractivity contribution in [2.75, 3.05) is 0 Å². The molecule has 1 fully saturated rings. The monoisotopic (exact) mass is 134 g/mol. The third kappa shape index (κ3) is 0.679. The van der Waals surface area contributed by atoms with Crippen LogP contribution in [0.4, 0.5) is 0 Å². The van der Waals surface area contributed by atoms with Crippen LogP contribution in [0.15, 0.2) is 0 Å². The third-order valence-electron chi connectivity index (χ3n) is 1.81. The van der Waals surface area contributed by atoms with E-state index in [1.54, 1.807) is 0 Å². The Bertz CT molecular complexity index is 105. The molecule has 54 valence electrons. The first-order valence-corrected chi connectivity index (χ1v) is 2.77. The molecule has 0 aliphatic heterocycles. The van der Waals surface area contributed by atoms with Crippen LogP contribution in [0.3, 0.4) is 0 Å². The molecular formula is C5H10O4. The minimum atomic E-state index is -1.67. The number of hydrogen-bond acceptors (Lipinski definition) is 4. The number of hydrogen-bond donors (Lipinski definition) is 4. The lowest BCUT2D eigenvalue weighted by molar-refractivity contribution is -0.0333. The third-order valence-corrected chi connectivity index (χ3v) is 1.81. The van der Waals surface area contributed by atoms with E-state index in [4.69, 9.17) is 20.4 Å². The number of rotatable bonds is 1. The molecule has 0 saturated heterocycles. The lowest BCUT2D eigenvalue weighted by Crippen LogP contribution is -2.30. The van der Waals surface area contributed by atoms with Crippen LogP contribution in [0.1, 0.15) is 6.92 Å². The Morgan fingerprint density at radius 1 is 1.33 bits per heavy atom. The van der Waals surface area contributed by atoms with Gasteiger partial charge in [0.1, 0.15) is 17.8 Å². The molecule has 4 N–H and O–H groups in total. The Hall–Kier alpha value is -0.160. The van der Waals surface area contributed by atoms with Gasteiger partial charge in [-0.25, -0.2) is 0 Å². The minimum Gasteiger partial charge on any atom is -0.390 e. The van der Waals surface area contributed by atoms with Crippen LogP contribution in [-0.4, -0.2) is 44.3 Å². The van der Waals surface area contributed by atoms with Crippen molar-refractivity contribution in [3.63, 3.8) is 0 Å². The first-order valence-electron chi connectivity index (χ1n) is 2.77. The molecule has 0 heterocycles. The van der Waals surface area contributed by atoms with Gasteiger partial charge in [0, 0.05) is 0 Å². The van der Waals surface area contributed by atoms with Gasteiger partial charge in [0.05, 0.1) is 6.10 Å². The molecule has 0 aromatic carbocycles. The molecule has 0 radical (unpaired) electrons. The zero-order chi connectivity index (χ0) is 7.23. The van der Waals surface area contributed by atoms with Gasteiger partial charge < -0.3 is 20.4 Å². The van der Waals surface area contributed by atoms with Crippen molar-refractivity contribution >= 4 is 0 Å². The normalized spacial score (nSPS) is 53.0. The molecule has 0 spiro atoms. The first-order chi connectivity index (χ1) is 4.01. The molecule has 0 aromatic rings. The maximum absolute atomic E-state index is 8.99. The lowest BCUT2D eigenvalue weighted by atomic mass is 10.2. The predicted molar refractivity (Wildman–Crippen MR) is 28.6 cm³/mol. The summed E-state index contributed by atoms with van der Waals surface area (Å²) in [4.78, 5) is 0. The van der Waals surface area contributed by atoms with E-state index in [-0.39, 0.29) is 0 Å². The van der Waals surface area contributed by atoms with Crippen molar-refractivity contribution in [1.29, 1.82) is 0 Å². The summed E-state index contributed by atoms with van der Waals surface area (Å²) in [6.07, 6.45) is -3.45. The van der Waals surface area contributed by atoms with E-state index >= 15 is 0 Å². The summed E-state index contributed by atoms with van der Waals surface area (Å²) in [6.45, 7) is 1.32. The quantitative estimate of drug-likeness (QED) is 0.329. The molecule has 1 saturated carbocycles. The van der Waals surface area contributed by atoms with Crippen LogP contribution in [0, 0.1) is 0 Å². The Labute approximate surface area is 52.4 Å². The van der Waals surface area contributed by atoms with Gasteiger partial charge in [-0.15, -0.1) is 0 Å². The first kappa shape index (κ1) is 6.95. The van der Waals surface area contributed by atoms with E-state index in [0.717, 1.165) is 0 Å². The van der Waals surface area contributed by atoms with Crippen molar-refractivity contribution in [2.24, 2.45) is 0 Å². The average molecular weight is 134 g/mol. The van der Waals surface area contributed by atoms with Crippen molar-refractivity contribution in [3.8, 4) is 0 Å². The molecule has 0 aromatic heterocycles. The van der Waals surface area contributed by atoms with Crippen molar-refractivity contribution in [1.82, 2.24) is 0 Å². The Kier molecular flexibility index (Phi) is 1.29. The zero-order valence-electron chi connectivity index (χ0n) is 5.02. The molecular weight excluding hydrogens is 124 g/mol. The fourth-order valence-electron chi connectivity index (χ4n) is 0.852. The molecule has 3 unspecified atom stereocenters. The Morgan fingerprint density at radius 2 is 1.67 bits per heavy atom. The maximum Gasteiger partial charge on any atom is 0.147 e. The van der Waals surface area contributed by atoms with Crippen molar-refractivity contribution < 1.29 is 20.4 Å². The van der Waals surface area contributed by atoms with Crippen molar-refractivity contribution in [2.45, 2.75) is 30.8 Å². The van der Waals surface area contributed by atoms with E-state index in [0.29, 0.717) is 0 Å². The molecule has 0 bridgehead atoms. The topological polar surface area (TPSA) is 80.9 Å². The van der Waals surface area contributed by atoms with Gasteiger partial charge in [-0.1, -0.05) is 0 Å². The Morgan fingerprint density at radius 3 is 1.67 bits per heavy atom. The summed E-state index contributed by atoms with van der Waals surface area (Å²) in [7, 11) is 0. The van der Waals surface area contributed by atoms with Gasteiger partial charge in [-0.05, 0) is 6.92 Å². The van der Waals surface area contributed by atoms with E-state index in [1.165, 1.54) is 6.92 Å². The van der Waals surface area contributed by atoms with Crippen LogP contribution in [0.25, 0.3) is 0 Å². The zero-order valence-corrected chi connectivity index (χ0v) is 5.02. The number of aliphatic hydroxyl groups excluding tert-OH is 3. The SMILES string of the molecule is CC(O)C1(O)C(O)C1O. The molecule has 4 heteroatoms. The summed E-state index contributed by atoms with van der Waals surface area (Å²) in [6, 6.07) is 0. The number of aliphatic hydroxyl groups is 4. The predicted octanol–water partition coefficient (Wildman–Crippen LogP) is -2.17. The summed E-state index contributed by atoms with van der Waals surface area (Å²) in [5, 5.41) is 35.0. The molecule has 3 atom stereocenters. The molecule has 1 aliphatic rings. The van der Waals surface area contributed by atoms with E-state index < -0.39 is 23.9 Å². The standard InChI is InChI=1S/C5H10O4/c1-2(6)5(9)3(7)4(5)8/h2-4,6-9H,1H3. The van der Waals surface area contributed by atoms with Crippen LogP contribution >= 0.6 is 0 Å². The summed E-state index contributed by atoms with van der Waals surface area (Å²) in [5.74, 6) is 0. The van der Waals surface area contributed by atoms with Crippen molar-refractivity contribution in [3.05, 3.63) is 0 Å². The summed E-state index contributed by atoms with van der Waals surface area (Å²) < 4.78 is 0. The maximum atomic E-state index is 8.99. The van der Waals surface area contributed by atoms with Gasteiger partial charge in [0.15, 0.2) is 0 Å². The fourth-order valence-corrected chi connectivity index (χ4v) is 0.852. The van der Waals surface area contributed by atoms with Crippen LogP contribution < -0.4 is 0 Å². The molecule has 4 nitrogen and oxygen atoms in total. The smallest absolute Gasteiger partial charge is 0.147 e. The van der Waals surface area contributed by atoms with Crippen LogP contribution in [0.2, 0.25) is 0 Å². The van der Waals surface area contributed by atoms with E-state index in [9.17, 15) is 0 Å². The van der Waals surface area contributed by atoms with E-state index in [2.05, 4.69) is 0 Å². The molecule has 9 heavy (non-hydrogen) atoms. The highest BCUT2D eigenvalue weighted by molar-refractivity contribution is 5.17. The van der Waals surface area contributed by atoms with Gasteiger partial charge >= 0.3 is 0 Å². The fraction of sp³-hybridized carbons (Fsp3) is 1.00. The molecule has 0 amide bonds. The second-order valence-corrected chi connectivity index (χ2v) is 2.45. The van der Waals surface area contributed by atoms with Crippen LogP contribution in [-0.2, 0) is 0 Å². The Balaban J connectivity index is 2.60. The largest absolute Gasteiger partial charge is 0.390 e. The van der Waals surface area contributed by atoms with Gasteiger partial charge in [-0.3, -0.25) is 0 Å². The highest BCUT2D eigenvalue weighted by Crippen LogP contribution is 2.39. The molecule has 1 rings (SSSR count). The van der Waals surface area contributed by atoms with Crippen LogP contribution in [0.5, 0.6) is 0 Å². The minimum absolute atomic E-state index is 1.08. The summed E-state index contributed by atoms with van der Waals surface area (Å²) >= 11 is 0. The van der Waals surface area contributed by atoms with Gasteiger partial charge in [0.25, 0.3) is 0 Å². The second-order valence-electron chi connectivity index (χ2n) is 2.45. The average Bonchev–Trinajstić information content (AvgIpc) is 2.22. The lowest BCUT2D eigenvalue weighted by Gasteiger charge is -2.10. The summed E-state index contributed by atoms with van der Waals surface area (Å²) in [5.41, 5.74) is -1.67.